The summed E-state index contributed by atoms with van der Waals surface area (Å²) in [5.74, 6) is 0.925. The predicted octanol–water partition coefficient (Wildman–Crippen LogP) is 3.20. The second-order valence-electron chi connectivity index (χ2n) is 7.77. The average molecular weight is 356 g/mol. The Bertz CT molecular complexity index is 783. The van der Waals surface area contributed by atoms with Gasteiger partial charge in [0.05, 0.1) is 6.54 Å². The summed E-state index contributed by atoms with van der Waals surface area (Å²) in [4.78, 5) is 15.8. The van der Waals surface area contributed by atoms with Gasteiger partial charge in [0.2, 0.25) is 0 Å². The van der Waals surface area contributed by atoms with E-state index in [-0.39, 0.29) is 5.91 Å². The van der Waals surface area contributed by atoms with Crippen LogP contribution in [0.25, 0.3) is 0 Å². The summed E-state index contributed by atoms with van der Waals surface area (Å²) in [7, 11) is 0. The molecule has 1 saturated carbocycles. The lowest BCUT2D eigenvalue weighted by atomic mass is 9.96. The summed E-state index contributed by atoms with van der Waals surface area (Å²) >= 11 is 1.89. The van der Waals surface area contributed by atoms with Gasteiger partial charge >= 0.3 is 0 Å². The number of quaternary nitrogens is 1. The number of aryl methyl sites for hydroxylation is 3. The third-order valence-corrected chi connectivity index (χ3v) is 6.65. The molecule has 1 unspecified atom stereocenters. The fourth-order valence-corrected chi connectivity index (χ4v) is 5.39. The Hall–Kier alpha value is -1.65. The van der Waals surface area contributed by atoms with Gasteiger partial charge in [-0.25, -0.2) is 0 Å². The highest BCUT2D eigenvalue weighted by molar-refractivity contribution is 7.10. The summed E-state index contributed by atoms with van der Waals surface area (Å²) < 4.78 is 0. The van der Waals surface area contributed by atoms with Gasteiger partial charge in [-0.1, -0.05) is 17.7 Å². The van der Waals surface area contributed by atoms with Crippen LogP contribution in [0, 0.1) is 26.7 Å². The monoisotopic (exact) mass is 355 g/mol. The molecule has 0 spiro atoms. The van der Waals surface area contributed by atoms with E-state index in [1.807, 2.05) is 11.3 Å². The number of amides is 1. The van der Waals surface area contributed by atoms with Crippen molar-refractivity contribution in [2.45, 2.75) is 46.1 Å². The van der Waals surface area contributed by atoms with Crippen LogP contribution in [0.2, 0.25) is 0 Å². The third-order valence-electron chi connectivity index (χ3n) is 5.65. The Morgan fingerprint density at radius 2 is 1.96 bits per heavy atom. The van der Waals surface area contributed by atoms with Crippen LogP contribution < -0.4 is 10.2 Å². The normalized spacial score (nSPS) is 22.5. The first-order valence-corrected chi connectivity index (χ1v) is 10.2. The fourth-order valence-electron chi connectivity index (χ4n) is 4.46. The van der Waals surface area contributed by atoms with E-state index < -0.39 is 0 Å². The molecule has 0 saturated heterocycles. The molecule has 2 aliphatic rings. The number of benzene rings is 1. The van der Waals surface area contributed by atoms with Gasteiger partial charge in [-0.15, -0.1) is 11.3 Å². The van der Waals surface area contributed by atoms with Crippen molar-refractivity contribution in [1.82, 2.24) is 0 Å². The molecular weight excluding hydrogens is 328 g/mol. The fraction of sp³-hybridized carbons (Fsp3) is 0.476. The third kappa shape index (κ3) is 3.38. The molecule has 4 heteroatoms. The molecule has 1 fully saturated rings. The molecule has 3 nitrogen and oxygen atoms in total. The molecule has 1 aromatic heterocycles. The number of nitrogens with one attached hydrogen (secondary N) is 2. The Kier molecular flexibility index (Phi) is 4.42. The van der Waals surface area contributed by atoms with Crippen molar-refractivity contribution in [3.05, 3.63) is 50.7 Å². The smallest absolute Gasteiger partial charge is 0.279 e. The van der Waals surface area contributed by atoms with Crippen LogP contribution in [0.1, 0.15) is 46.0 Å². The molecule has 2 atom stereocenters. The van der Waals surface area contributed by atoms with Gasteiger partial charge in [-0.3, -0.25) is 4.79 Å². The Morgan fingerprint density at radius 3 is 2.64 bits per heavy atom. The molecule has 1 aliphatic carbocycles. The number of hydrogen-bond donors (Lipinski definition) is 2. The maximum Gasteiger partial charge on any atom is 0.279 e. The van der Waals surface area contributed by atoms with E-state index in [4.69, 9.17) is 0 Å². The van der Waals surface area contributed by atoms with Gasteiger partial charge in [0.15, 0.2) is 6.54 Å². The highest BCUT2D eigenvalue weighted by atomic mass is 32.1. The van der Waals surface area contributed by atoms with Crippen molar-refractivity contribution in [1.29, 1.82) is 0 Å². The molecular formula is C21H27N2OS+. The van der Waals surface area contributed by atoms with Crippen LogP contribution in [0.3, 0.4) is 0 Å². The summed E-state index contributed by atoms with van der Waals surface area (Å²) in [5, 5.41) is 5.42. The van der Waals surface area contributed by atoms with Crippen LogP contribution in [-0.4, -0.2) is 19.0 Å². The largest absolute Gasteiger partial charge is 0.321 e. The Balaban J connectivity index is 1.49. The van der Waals surface area contributed by atoms with E-state index in [9.17, 15) is 4.79 Å². The van der Waals surface area contributed by atoms with Crippen molar-refractivity contribution in [3.8, 4) is 0 Å². The molecule has 132 valence electrons. The number of thiophene rings is 1. The van der Waals surface area contributed by atoms with Gasteiger partial charge in [0.25, 0.3) is 5.91 Å². The van der Waals surface area contributed by atoms with Crippen LogP contribution >= 0.6 is 11.3 Å². The lowest BCUT2D eigenvalue weighted by Gasteiger charge is -2.32. The maximum atomic E-state index is 12.8. The molecule has 2 N–H and O–H groups in total. The number of fused-ring (bicyclic) bond motifs is 1. The zero-order valence-corrected chi connectivity index (χ0v) is 16.1. The highest BCUT2D eigenvalue weighted by Gasteiger charge is 2.43. The van der Waals surface area contributed by atoms with Gasteiger partial charge in [-0.05, 0) is 56.2 Å². The predicted molar refractivity (Wildman–Crippen MR) is 103 cm³/mol. The van der Waals surface area contributed by atoms with Crippen molar-refractivity contribution < 1.29 is 9.69 Å². The van der Waals surface area contributed by atoms with Crippen LogP contribution in [0.5, 0.6) is 0 Å². The summed E-state index contributed by atoms with van der Waals surface area (Å²) in [6.45, 7) is 7.90. The Labute approximate surface area is 154 Å². The van der Waals surface area contributed by atoms with Crippen molar-refractivity contribution in [2.24, 2.45) is 5.92 Å². The van der Waals surface area contributed by atoms with E-state index in [1.165, 1.54) is 28.9 Å². The zero-order chi connectivity index (χ0) is 17.6. The summed E-state index contributed by atoms with van der Waals surface area (Å²) in [5.41, 5.74) is 6.06. The van der Waals surface area contributed by atoms with E-state index in [2.05, 4.69) is 49.7 Å². The number of rotatable bonds is 4. The SMILES string of the molecule is Cc1cc(C)c(NC(=O)C[NH+]2CCc3sccc3[C@H]2C2CC2)c(C)c1. The average Bonchev–Trinajstić information content (AvgIpc) is 3.27. The molecule has 4 rings (SSSR count). The minimum Gasteiger partial charge on any atom is -0.321 e. The molecule has 2 aromatic rings. The second kappa shape index (κ2) is 6.58. The van der Waals surface area contributed by atoms with Gasteiger partial charge in [0.1, 0.15) is 6.04 Å². The van der Waals surface area contributed by atoms with Crippen LogP contribution in [-0.2, 0) is 11.2 Å². The molecule has 0 radical (unpaired) electrons. The molecule has 1 amide bonds. The first-order chi connectivity index (χ1) is 12.0. The van der Waals surface area contributed by atoms with Crippen molar-refractivity contribution in [2.75, 3.05) is 18.4 Å². The molecule has 1 aliphatic heterocycles. The first kappa shape index (κ1) is 16.8. The van der Waals surface area contributed by atoms with Gasteiger partial charge < -0.3 is 10.2 Å². The zero-order valence-electron chi connectivity index (χ0n) is 15.3. The molecule has 1 aromatic carbocycles. The van der Waals surface area contributed by atoms with Crippen molar-refractivity contribution in [3.63, 3.8) is 0 Å². The van der Waals surface area contributed by atoms with Crippen LogP contribution in [0.4, 0.5) is 5.69 Å². The van der Waals surface area contributed by atoms with E-state index in [1.54, 1.807) is 4.88 Å². The maximum absolute atomic E-state index is 12.8. The quantitative estimate of drug-likeness (QED) is 0.868. The topological polar surface area (TPSA) is 33.5 Å². The lowest BCUT2D eigenvalue weighted by Crippen LogP contribution is -3.14. The van der Waals surface area contributed by atoms with E-state index in [0.717, 1.165) is 35.7 Å². The second-order valence-corrected chi connectivity index (χ2v) is 8.77. The van der Waals surface area contributed by atoms with E-state index >= 15 is 0 Å². The minimum atomic E-state index is 0.148. The number of anilines is 1. The van der Waals surface area contributed by atoms with E-state index in [0.29, 0.717) is 12.6 Å². The summed E-state index contributed by atoms with van der Waals surface area (Å²) in [6.07, 6.45) is 3.75. The molecule has 2 heterocycles. The number of carbonyl (C=O) groups is 1. The minimum absolute atomic E-state index is 0.148. The van der Waals surface area contributed by atoms with Crippen molar-refractivity contribution >= 4 is 22.9 Å². The summed E-state index contributed by atoms with van der Waals surface area (Å²) in [6, 6.07) is 7.11. The Morgan fingerprint density at radius 1 is 1.24 bits per heavy atom. The molecule has 25 heavy (non-hydrogen) atoms. The number of carbonyl (C=O) groups excluding carboxylic acids is 1. The standard InChI is InChI=1S/C21H26N2OS/c1-13-10-14(2)20(15(3)11-13)22-19(24)12-23-8-6-18-17(7-9-25-18)21(23)16-4-5-16/h7,9-11,16,21H,4-6,8,12H2,1-3H3,(H,22,24)/p+1/t21-/m1/s1. The first-order valence-electron chi connectivity index (χ1n) is 9.31. The van der Waals surface area contributed by atoms with Gasteiger partial charge in [0, 0.05) is 28.5 Å². The van der Waals surface area contributed by atoms with Crippen LogP contribution in [0.15, 0.2) is 23.6 Å². The number of hydrogen-bond acceptors (Lipinski definition) is 2. The van der Waals surface area contributed by atoms with Gasteiger partial charge in [-0.2, -0.15) is 0 Å². The lowest BCUT2D eigenvalue weighted by molar-refractivity contribution is -0.928. The highest BCUT2D eigenvalue weighted by Crippen LogP contribution is 2.42. The molecule has 0 bridgehead atoms.